The summed E-state index contributed by atoms with van der Waals surface area (Å²) < 4.78 is 12.8. The van der Waals surface area contributed by atoms with Crippen molar-refractivity contribution in [2.24, 2.45) is 11.3 Å². The van der Waals surface area contributed by atoms with Crippen LogP contribution in [0.1, 0.15) is 65.7 Å². The third-order valence-electron chi connectivity index (χ3n) is 5.16. The van der Waals surface area contributed by atoms with E-state index in [-0.39, 0.29) is 0 Å². The van der Waals surface area contributed by atoms with Gasteiger partial charge < -0.3 is 5.32 Å². The Morgan fingerprint density at radius 2 is 1.84 bits per heavy atom. The van der Waals surface area contributed by atoms with Gasteiger partial charge in [0.05, 0.1) is 5.25 Å². The maximum Gasteiger partial charge on any atom is 0.0506 e. The third kappa shape index (κ3) is 3.81. The van der Waals surface area contributed by atoms with E-state index in [2.05, 4.69) is 26.1 Å². The predicted octanol–water partition coefficient (Wildman–Crippen LogP) is 3.48. The molecule has 1 N–H and O–H groups in total. The number of rotatable bonds is 5. The summed E-state index contributed by atoms with van der Waals surface area (Å²) in [6, 6.07) is 0.438. The van der Waals surface area contributed by atoms with Crippen molar-refractivity contribution in [3.8, 4) is 0 Å². The molecule has 2 fully saturated rings. The Bertz CT molecular complexity index is 310. The molecule has 0 aliphatic heterocycles. The largest absolute Gasteiger partial charge is 0.313 e. The van der Waals surface area contributed by atoms with Crippen molar-refractivity contribution in [2.75, 3.05) is 12.3 Å². The SMILES string of the molecule is CCNC1C(S(=O)CC2CCCC2)CCCC1(C)C. The molecular weight excluding hydrogens is 254 g/mol. The third-order valence-corrected chi connectivity index (χ3v) is 7.14. The topological polar surface area (TPSA) is 29.1 Å². The van der Waals surface area contributed by atoms with E-state index < -0.39 is 10.8 Å². The van der Waals surface area contributed by atoms with Crippen LogP contribution < -0.4 is 5.32 Å². The van der Waals surface area contributed by atoms with E-state index in [1.807, 2.05) is 0 Å². The highest BCUT2D eigenvalue weighted by Gasteiger charge is 2.41. The van der Waals surface area contributed by atoms with Crippen LogP contribution in [-0.4, -0.2) is 27.8 Å². The van der Waals surface area contributed by atoms with Crippen molar-refractivity contribution in [3.63, 3.8) is 0 Å². The number of hydrogen-bond acceptors (Lipinski definition) is 2. The molecule has 3 atom stereocenters. The molecule has 3 unspecified atom stereocenters. The molecular formula is C16H31NOS. The lowest BCUT2D eigenvalue weighted by molar-refractivity contribution is 0.174. The van der Waals surface area contributed by atoms with Gasteiger partial charge in [0.2, 0.25) is 0 Å². The Morgan fingerprint density at radius 3 is 2.47 bits per heavy atom. The Morgan fingerprint density at radius 1 is 1.16 bits per heavy atom. The van der Waals surface area contributed by atoms with Crippen LogP contribution in [0, 0.1) is 11.3 Å². The second kappa shape index (κ2) is 6.71. The average molecular weight is 285 g/mol. The number of hydrogen-bond donors (Lipinski definition) is 1. The summed E-state index contributed by atoms with van der Waals surface area (Å²) in [5, 5.41) is 4.02. The highest BCUT2D eigenvalue weighted by Crippen LogP contribution is 2.38. The van der Waals surface area contributed by atoms with Crippen molar-refractivity contribution < 1.29 is 4.21 Å². The first kappa shape index (κ1) is 15.5. The van der Waals surface area contributed by atoms with Gasteiger partial charge in [-0.25, -0.2) is 0 Å². The van der Waals surface area contributed by atoms with Gasteiger partial charge in [-0.15, -0.1) is 0 Å². The van der Waals surface area contributed by atoms with Crippen LogP contribution in [0.5, 0.6) is 0 Å². The summed E-state index contributed by atoms with van der Waals surface area (Å²) in [5.74, 6) is 1.70. The molecule has 112 valence electrons. The van der Waals surface area contributed by atoms with Crippen molar-refractivity contribution >= 4 is 10.8 Å². The lowest BCUT2D eigenvalue weighted by Crippen LogP contribution is -2.54. The minimum absolute atomic E-state index is 0.296. The minimum Gasteiger partial charge on any atom is -0.313 e. The molecule has 3 heteroatoms. The molecule has 2 rings (SSSR count). The molecule has 0 heterocycles. The lowest BCUT2D eigenvalue weighted by Gasteiger charge is -2.44. The summed E-state index contributed by atoms with van der Waals surface area (Å²) in [4.78, 5) is 0. The quantitative estimate of drug-likeness (QED) is 0.838. The Kier molecular flexibility index (Phi) is 5.47. The van der Waals surface area contributed by atoms with Gasteiger partial charge in [-0.1, -0.05) is 40.0 Å². The van der Waals surface area contributed by atoms with Gasteiger partial charge in [-0.2, -0.15) is 0 Å². The molecule has 0 radical (unpaired) electrons. The summed E-state index contributed by atoms with van der Waals surface area (Å²) in [7, 11) is -0.637. The Labute approximate surface area is 121 Å². The van der Waals surface area contributed by atoms with Gasteiger partial charge in [0, 0.05) is 22.6 Å². The molecule has 2 aliphatic rings. The van der Waals surface area contributed by atoms with E-state index in [0.717, 1.165) is 24.6 Å². The first-order valence-electron chi connectivity index (χ1n) is 8.15. The van der Waals surface area contributed by atoms with E-state index >= 15 is 0 Å². The molecule has 0 saturated heterocycles. The van der Waals surface area contributed by atoms with Gasteiger partial charge in [0.1, 0.15) is 0 Å². The molecule has 2 saturated carbocycles. The van der Waals surface area contributed by atoms with E-state index in [9.17, 15) is 4.21 Å². The predicted molar refractivity (Wildman–Crippen MR) is 83.9 cm³/mol. The first-order valence-corrected chi connectivity index (χ1v) is 9.53. The van der Waals surface area contributed by atoms with Crippen molar-refractivity contribution in [3.05, 3.63) is 0 Å². The average Bonchev–Trinajstić information content (AvgIpc) is 2.84. The second-order valence-corrected chi connectivity index (χ2v) is 8.85. The van der Waals surface area contributed by atoms with Gasteiger partial charge >= 0.3 is 0 Å². The highest BCUT2D eigenvalue weighted by molar-refractivity contribution is 7.85. The zero-order chi connectivity index (χ0) is 13.9. The van der Waals surface area contributed by atoms with Crippen LogP contribution in [0.2, 0.25) is 0 Å². The van der Waals surface area contributed by atoms with Crippen LogP contribution in [0.3, 0.4) is 0 Å². The normalized spacial score (nSPS) is 33.4. The fourth-order valence-electron chi connectivity index (χ4n) is 4.03. The monoisotopic (exact) mass is 285 g/mol. The Hall–Kier alpha value is 0.110. The van der Waals surface area contributed by atoms with Crippen molar-refractivity contribution in [2.45, 2.75) is 77.0 Å². The smallest absolute Gasteiger partial charge is 0.0506 e. The van der Waals surface area contributed by atoms with Gasteiger partial charge in [-0.05, 0) is 43.6 Å². The fourth-order valence-corrected chi connectivity index (χ4v) is 6.27. The zero-order valence-corrected chi connectivity index (χ0v) is 13.7. The summed E-state index contributed by atoms with van der Waals surface area (Å²) in [5.41, 5.74) is 0.296. The number of nitrogens with one attached hydrogen (secondary N) is 1. The van der Waals surface area contributed by atoms with Crippen LogP contribution in [0.15, 0.2) is 0 Å². The molecule has 2 aliphatic carbocycles. The molecule has 0 aromatic heterocycles. The zero-order valence-electron chi connectivity index (χ0n) is 12.9. The molecule has 0 aromatic rings. The van der Waals surface area contributed by atoms with E-state index in [0.29, 0.717) is 16.7 Å². The minimum atomic E-state index is -0.637. The van der Waals surface area contributed by atoms with Crippen molar-refractivity contribution in [1.29, 1.82) is 0 Å². The van der Waals surface area contributed by atoms with Crippen LogP contribution in [0.25, 0.3) is 0 Å². The van der Waals surface area contributed by atoms with Crippen molar-refractivity contribution in [1.82, 2.24) is 5.32 Å². The maximum atomic E-state index is 12.8. The van der Waals surface area contributed by atoms with Gasteiger partial charge in [0.15, 0.2) is 0 Å². The molecule has 0 aromatic carbocycles. The van der Waals surface area contributed by atoms with E-state index in [1.165, 1.54) is 38.5 Å². The fraction of sp³-hybridized carbons (Fsp3) is 1.00. The molecule has 0 bridgehead atoms. The van der Waals surface area contributed by atoms with Gasteiger partial charge in [0.25, 0.3) is 0 Å². The maximum absolute atomic E-state index is 12.8. The summed E-state index contributed by atoms with van der Waals surface area (Å²) >= 11 is 0. The van der Waals surface area contributed by atoms with E-state index in [4.69, 9.17) is 0 Å². The summed E-state index contributed by atoms with van der Waals surface area (Å²) in [6.45, 7) is 7.85. The van der Waals surface area contributed by atoms with E-state index in [1.54, 1.807) is 0 Å². The van der Waals surface area contributed by atoms with Crippen LogP contribution in [0.4, 0.5) is 0 Å². The lowest BCUT2D eigenvalue weighted by atomic mass is 9.73. The first-order chi connectivity index (χ1) is 9.04. The standard InChI is InChI=1S/C16H31NOS/c1-4-17-15-14(10-7-11-16(15,2)3)19(18)12-13-8-5-6-9-13/h13-15,17H,4-12H2,1-3H3. The summed E-state index contributed by atoms with van der Waals surface area (Å²) in [6.07, 6.45) is 9.00. The second-order valence-electron chi connectivity index (χ2n) is 7.15. The Balaban J connectivity index is 2.00. The molecule has 19 heavy (non-hydrogen) atoms. The van der Waals surface area contributed by atoms with Crippen LogP contribution in [-0.2, 0) is 10.8 Å². The molecule has 0 amide bonds. The molecule has 2 nitrogen and oxygen atoms in total. The van der Waals surface area contributed by atoms with Gasteiger partial charge in [-0.3, -0.25) is 4.21 Å². The highest BCUT2D eigenvalue weighted by atomic mass is 32.2. The van der Waals surface area contributed by atoms with Crippen LogP contribution >= 0.6 is 0 Å². The molecule has 0 spiro atoms.